The molecule has 0 bridgehead atoms. The van der Waals surface area contributed by atoms with Crippen LogP contribution >= 0.6 is 12.4 Å². The van der Waals surface area contributed by atoms with Crippen LogP contribution in [-0.4, -0.2) is 17.1 Å². The zero-order chi connectivity index (χ0) is 18.6. The van der Waals surface area contributed by atoms with E-state index < -0.39 is 5.97 Å². The summed E-state index contributed by atoms with van der Waals surface area (Å²) < 4.78 is 0. The van der Waals surface area contributed by atoms with Gasteiger partial charge in [0.15, 0.2) is 0 Å². The molecular formula is C23H38ClNO2. The largest absolute Gasteiger partial charge is 0.478 e. The van der Waals surface area contributed by atoms with E-state index in [1.165, 1.54) is 89.0 Å². The van der Waals surface area contributed by atoms with Gasteiger partial charge in [0.25, 0.3) is 0 Å². The van der Waals surface area contributed by atoms with Crippen molar-refractivity contribution in [3.63, 3.8) is 0 Å². The van der Waals surface area contributed by atoms with Crippen LogP contribution in [0.3, 0.4) is 0 Å². The maximum atomic E-state index is 11.1. The highest BCUT2D eigenvalue weighted by atomic mass is 35.5. The van der Waals surface area contributed by atoms with Crippen molar-refractivity contribution < 1.29 is 9.90 Å². The summed E-state index contributed by atoms with van der Waals surface area (Å²) in [5.41, 5.74) is 2.66. The third kappa shape index (κ3) is 9.01. The van der Waals surface area contributed by atoms with Crippen molar-refractivity contribution in [2.45, 2.75) is 103 Å². The molecule has 0 amide bonds. The fraction of sp³-hybridized carbons (Fsp3) is 0.696. The van der Waals surface area contributed by atoms with Gasteiger partial charge in [-0.2, -0.15) is 0 Å². The monoisotopic (exact) mass is 395 g/mol. The molecule has 1 aromatic rings. The first kappa shape index (κ1) is 23.8. The lowest BCUT2D eigenvalue weighted by Crippen LogP contribution is -2.14. The van der Waals surface area contributed by atoms with E-state index in [4.69, 9.17) is 5.11 Å². The number of hydrogen-bond donors (Lipinski definition) is 2. The molecule has 0 saturated carbocycles. The Labute approximate surface area is 171 Å². The minimum Gasteiger partial charge on any atom is -0.478 e. The Morgan fingerprint density at radius 2 is 1.52 bits per heavy atom. The van der Waals surface area contributed by atoms with Crippen molar-refractivity contribution in [2.24, 2.45) is 0 Å². The molecule has 0 saturated heterocycles. The molecule has 2 rings (SSSR count). The summed E-state index contributed by atoms with van der Waals surface area (Å²) >= 11 is 0. The van der Waals surface area contributed by atoms with Gasteiger partial charge in [-0.1, -0.05) is 90.0 Å². The maximum absolute atomic E-state index is 11.1. The van der Waals surface area contributed by atoms with Gasteiger partial charge >= 0.3 is 5.97 Å². The molecule has 0 fully saturated rings. The Bertz CT molecular complexity index is 547. The number of carboxylic acids is 1. The maximum Gasteiger partial charge on any atom is 0.335 e. The molecular weight excluding hydrogens is 358 g/mol. The lowest BCUT2D eigenvalue weighted by atomic mass is 10.0. The Balaban J connectivity index is 0.00000364. The second-order valence-electron chi connectivity index (χ2n) is 7.90. The third-order valence-corrected chi connectivity index (χ3v) is 5.59. The van der Waals surface area contributed by atoms with Crippen molar-refractivity contribution in [1.29, 1.82) is 0 Å². The molecule has 3 nitrogen and oxygen atoms in total. The minimum atomic E-state index is -0.848. The number of carbonyl (C=O) groups is 1. The minimum absolute atomic E-state index is 0. The van der Waals surface area contributed by atoms with Crippen molar-refractivity contribution in [2.75, 3.05) is 5.32 Å². The van der Waals surface area contributed by atoms with Crippen molar-refractivity contribution in [3.8, 4) is 0 Å². The number of aromatic carboxylic acids is 1. The number of fused-ring (bicyclic) bond motifs is 1. The fourth-order valence-electron chi connectivity index (χ4n) is 3.96. The second-order valence-corrected chi connectivity index (χ2v) is 7.90. The standard InChI is InChI=1S/C23H37NO2.ClH/c1-2-3-4-5-6-7-8-9-10-11-12-13-14-21-17-19-15-16-20(23(25)26)18-22(19)24-21;/h15-16,18,21,24H,2-14,17H2,1H3,(H,25,26);1H/t21-;/m0./s1. The number of rotatable bonds is 14. The first-order chi connectivity index (χ1) is 12.7. The quantitative estimate of drug-likeness (QED) is 0.326. The molecule has 2 N–H and O–H groups in total. The highest BCUT2D eigenvalue weighted by Crippen LogP contribution is 2.29. The predicted molar refractivity (Wildman–Crippen MR) is 117 cm³/mol. The van der Waals surface area contributed by atoms with E-state index in [0.29, 0.717) is 11.6 Å². The van der Waals surface area contributed by atoms with Crippen molar-refractivity contribution >= 4 is 24.1 Å². The molecule has 154 valence electrons. The number of nitrogens with one attached hydrogen (secondary N) is 1. The van der Waals surface area contributed by atoms with E-state index in [9.17, 15) is 4.79 Å². The smallest absolute Gasteiger partial charge is 0.335 e. The normalized spacial score (nSPS) is 15.1. The topological polar surface area (TPSA) is 49.3 Å². The van der Waals surface area contributed by atoms with Crippen LogP contribution in [0.15, 0.2) is 18.2 Å². The van der Waals surface area contributed by atoms with Crippen LogP contribution in [0.1, 0.15) is 106 Å². The van der Waals surface area contributed by atoms with Gasteiger partial charge in [-0.25, -0.2) is 4.79 Å². The Morgan fingerprint density at radius 3 is 2.07 bits per heavy atom. The summed E-state index contributed by atoms with van der Waals surface area (Å²) in [6.07, 6.45) is 18.8. The Kier molecular flexibility index (Phi) is 12.2. The fourth-order valence-corrected chi connectivity index (χ4v) is 3.96. The molecule has 1 heterocycles. The van der Waals surface area contributed by atoms with Crippen molar-refractivity contribution in [1.82, 2.24) is 0 Å². The summed E-state index contributed by atoms with van der Waals surface area (Å²) in [6.45, 7) is 2.27. The van der Waals surface area contributed by atoms with Crippen LogP contribution in [0.5, 0.6) is 0 Å². The number of anilines is 1. The first-order valence-electron chi connectivity index (χ1n) is 10.8. The first-order valence-corrected chi connectivity index (χ1v) is 10.8. The molecule has 0 aliphatic carbocycles. The van der Waals surface area contributed by atoms with E-state index in [0.717, 1.165) is 12.1 Å². The molecule has 0 aromatic heterocycles. The summed E-state index contributed by atoms with van der Waals surface area (Å²) in [5, 5.41) is 12.6. The predicted octanol–water partition coefficient (Wildman–Crippen LogP) is 7.23. The van der Waals surface area contributed by atoms with Gasteiger partial charge in [-0.05, 0) is 30.5 Å². The van der Waals surface area contributed by atoms with Gasteiger partial charge in [0, 0.05) is 11.7 Å². The zero-order valence-corrected chi connectivity index (χ0v) is 17.8. The molecule has 0 spiro atoms. The highest BCUT2D eigenvalue weighted by molar-refractivity contribution is 5.89. The van der Waals surface area contributed by atoms with Gasteiger partial charge in [-0.3, -0.25) is 0 Å². The van der Waals surface area contributed by atoms with E-state index in [-0.39, 0.29) is 12.4 Å². The number of unbranched alkanes of at least 4 members (excludes halogenated alkanes) is 11. The highest BCUT2D eigenvalue weighted by Gasteiger charge is 2.21. The molecule has 1 aromatic carbocycles. The molecule has 4 heteroatoms. The van der Waals surface area contributed by atoms with Gasteiger partial charge in [0.1, 0.15) is 0 Å². The lowest BCUT2D eigenvalue weighted by Gasteiger charge is -2.11. The Hall–Kier alpha value is -1.22. The molecule has 27 heavy (non-hydrogen) atoms. The summed E-state index contributed by atoms with van der Waals surface area (Å²) in [7, 11) is 0. The van der Waals surface area contributed by atoms with Gasteiger partial charge in [0.2, 0.25) is 0 Å². The van der Waals surface area contributed by atoms with E-state index >= 15 is 0 Å². The number of carboxylic acid groups (broad SMARTS) is 1. The molecule has 0 unspecified atom stereocenters. The molecule has 0 radical (unpaired) electrons. The van der Waals surface area contributed by atoms with Gasteiger partial charge < -0.3 is 10.4 Å². The van der Waals surface area contributed by atoms with Gasteiger partial charge in [-0.15, -0.1) is 12.4 Å². The van der Waals surface area contributed by atoms with Crippen LogP contribution < -0.4 is 5.32 Å². The molecule has 1 aliphatic heterocycles. The summed E-state index contributed by atoms with van der Waals surface area (Å²) in [4.78, 5) is 11.1. The van der Waals surface area contributed by atoms with Gasteiger partial charge in [0.05, 0.1) is 5.56 Å². The SMILES string of the molecule is CCCCCCCCCCCCCC[C@H]1Cc2ccc(C(=O)O)cc2N1.Cl. The average molecular weight is 396 g/mol. The average Bonchev–Trinajstić information content (AvgIpc) is 3.04. The van der Waals surface area contributed by atoms with Crippen LogP contribution in [-0.2, 0) is 6.42 Å². The van der Waals surface area contributed by atoms with Crippen LogP contribution in [0.4, 0.5) is 5.69 Å². The lowest BCUT2D eigenvalue weighted by molar-refractivity contribution is 0.0697. The van der Waals surface area contributed by atoms with Crippen molar-refractivity contribution in [3.05, 3.63) is 29.3 Å². The number of halogens is 1. The van der Waals surface area contributed by atoms with E-state index in [2.05, 4.69) is 12.2 Å². The number of hydrogen-bond acceptors (Lipinski definition) is 2. The van der Waals surface area contributed by atoms with Crippen LogP contribution in [0, 0.1) is 0 Å². The summed E-state index contributed by atoms with van der Waals surface area (Å²) in [6, 6.07) is 5.94. The molecule has 1 aliphatic rings. The van der Waals surface area contributed by atoms with Crippen LogP contribution in [0.25, 0.3) is 0 Å². The van der Waals surface area contributed by atoms with E-state index in [1.807, 2.05) is 6.07 Å². The third-order valence-electron chi connectivity index (χ3n) is 5.59. The van der Waals surface area contributed by atoms with Crippen LogP contribution in [0.2, 0.25) is 0 Å². The molecule has 1 atom stereocenters. The summed E-state index contributed by atoms with van der Waals surface area (Å²) in [5.74, 6) is -0.848. The number of benzene rings is 1. The Morgan fingerprint density at radius 1 is 0.963 bits per heavy atom. The van der Waals surface area contributed by atoms with E-state index in [1.54, 1.807) is 12.1 Å². The zero-order valence-electron chi connectivity index (χ0n) is 17.0. The second kappa shape index (κ2) is 13.9.